The SMILES string of the molecule is COc1ccc(-c2cccc([N+](=O)[O-])c2)cc1N. The summed E-state index contributed by atoms with van der Waals surface area (Å²) in [5.74, 6) is 0.587. The molecule has 5 heteroatoms. The van der Waals surface area contributed by atoms with Crippen LogP contribution in [-0.2, 0) is 0 Å². The maximum atomic E-state index is 10.7. The third-order valence-corrected chi connectivity index (χ3v) is 2.62. The van der Waals surface area contributed by atoms with Gasteiger partial charge in [-0.2, -0.15) is 0 Å². The van der Waals surface area contributed by atoms with E-state index in [0.29, 0.717) is 11.4 Å². The molecule has 5 nitrogen and oxygen atoms in total. The zero-order chi connectivity index (χ0) is 13.1. The molecule has 0 atom stereocenters. The van der Waals surface area contributed by atoms with Crippen molar-refractivity contribution in [1.82, 2.24) is 0 Å². The summed E-state index contributed by atoms with van der Waals surface area (Å²) in [5, 5.41) is 10.7. The topological polar surface area (TPSA) is 78.4 Å². The molecule has 0 amide bonds. The van der Waals surface area contributed by atoms with Gasteiger partial charge < -0.3 is 10.5 Å². The molecule has 0 spiro atoms. The summed E-state index contributed by atoms with van der Waals surface area (Å²) in [5.41, 5.74) is 7.93. The lowest BCUT2D eigenvalue weighted by Gasteiger charge is -2.07. The van der Waals surface area contributed by atoms with Crippen LogP contribution in [0.2, 0.25) is 0 Å². The molecule has 2 rings (SSSR count). The number of nitrogens with two attached hydrogens (primary N) is 1. The minimum absolute atomic E-state index is 0.0573. The molecule has 92 valence electrons. The average Bonchev–Trinajstić information content (AvgIpc) is 2.38. The van der Waals surface area contributed by atoms with Gasteiger partial charge in [0.2, 0.25) is 0 Å². The Morgan fingerprint density at radius 3 is 2.50 bits per heavy atom. The van der Waals surface area contributed by atoms with Gasteiger partial charge in [-0.1, -0.05) is 18.2 Å². The van der Waals surface area contributed by atoms with Crippen LogP contribution in [0.3, 0.4) is 0 Å². The minimum atomic E-state index is -0.420. The van der Waals surface area contributed by atoms with E-state index in [-0.39, 0.29) is 5.69 Å². The molecule has 0 heterocycles. The van der Waals surface area contributed by atoms with E-state index in [0.717, 1.165) is 11.1 Å². The van der Waals surface area contributed by atoms with E-state index in [1.54, 1.807) is 31.4 Å². The van der Waals surface area contributed by atoms with Gasteiger partial charge in [0, 0.05) is 12.1 Å². The Kier molecular flexibility index (Phi) is 3.14. The Balaban J connectivity index is 2.45. The zero-order valence-corrected chi connectivity index (χ0v) is 9.79. The maximum absolute atomic E-state index is 10.7. The number of hydrogen-bond acceptors (Lipinski definition) is 4. The van der Waals surface area contributed by atoms with Crippen LogP contribution in [0.5, 0.6) is 5.75 Å². The molecule has 0 saturated carbocycles. The van der Waals surface area contributed by atoms with Crippen molar-refractivity contribution in [2.75, 3.05) is 12.8 Å². The van der Waals surface area contributed by atoms with Gasteiger partial charge in [0.15, 0.2) is 0 Å². The van der Waals surface area contributed by atoms with E-state index in [2.05, 4.69) is 0 Å². The maximum Gasteiger partial charge on any atom is 0.270 e. The molecule has 0 saturated heterocycles. The van der Waals surface area contributed by atoms with Gasteiger partial charge >= 0.3 is 0 Å². The lowest BCUT2D eigenvalue weighted by atomic mass is 10.0. The predicted octanol–water partition coefficient (Wildman–Crippen LogP) is 2.85. The number of benzene rings is 2. The number of anilines is 1. The Bertz CT molecular complexity index is 597. The van der Waals surface area contributed by atoms with Crippen LogP contribution in [0.4, 0.5) is 11.4 Å². The standard InChI is InChI=1S/C13H12N2O3/c1-18-13-6-5-10(8-12(13)14)9-3-2-4-11(7-9)15(16)17/h2-8H,14H2,1H3. The van der Waals surface area contributed by atoms with Crippen LogP contribution in [0.1, 0.15) is 0 Å². The number of nitrogens with zero attached hydrogens (tertiary/aromatic N) is 1. The van der Waals surface area contributed by atoms with Gasteiger partial charge in [-0.05, 0) is 23.3 Å². The second-order valence-corrected chi connectivity index (χ2v) is 3.76. The van der Waals surface area contributed by atoms with Crippen LogP contribution in [0, 0.1) is 10.1 Å². The van der Waals surface area contributed by atoms with E-state index >= 15 is 0 Å². The van der Waals surface area contributed by atoms with Gasteiger partial charge in [0.05, 0.1) is 17.7 Å². The Morgan fingerprint density at radius 2 is 1.89 bits per heavy atom. The van der Waals surface area contributed by atoms with E-state index in [4.69, 9.17) is 10.5 Å². The number of hydrogen-bond donors (Lipinski definition) is 1. The number of nitro groups is 1. The molecule has 0 aliphatic heterocycles. The second kappa shape index (κ2) is 4.75. The number of methoxy groups -OCH3 is 1. The summed E-state index contributed by atoms with van der Waals surface area (Å²) < 4.78 is 5.06. The molecule has 2 aromatic carbocycles. The van der Waals surface area contributed by atoms with Crippen LogP contribution in [-0.4, -0.2) is 12.0 Å². The van der Waals surface area contributed by atoms with E-state index in [9.17, 15) is 10.1 Å². The third-order valence-electron chi connectivity index (χ3n) is 2.62. The first-order chi connectivity index (χ1) is 8.61. The molecule has 2 N–H and O–H groups in total. The Hall–Kier alpha value is -2.56. The summed E-state index contributed by atoms with van der Waals surface area (Å²) in [7, 11) is 1.54. The van der Waals surface area contributed by atoms with E-state index < -0.39 is 4.92 Å². The average molecular weight is 244 g/mol. The van der Waals surface area contributed by atoms with Crippen molar-refractivity contribution in [3.05, 3.63) is 52.6 Å². The first-order valence-electron chi connectivity index (χ1n) is 5.30. The third kappa shape index (κ3) is 2.24. The summed E-state index contributed by atoms with van der Waals surface area (Å²) in [4.78, 5) is 10.3. The number of non-ortho nitro benzene ring substituents is 1. The van der Waals surface area contributed by atoms with Crippen molar-refractivity contribution < 1.29 is 9.66 Å². The van der Waals surface area contributed by atoms with Gasteiger partial charge in [-0.3, -0.25) is 10.1 Å². The van der Waals surface area contributed by atoms with Crippen LogP contribution in [0.15, 0.2) is 42.5 Å². The quantitative estimate of drug-likeness (QED) is 0.511. The fraction of sp³-hybridized carbons (Fsp3) is 0.0769. The molecule has 0 aliphatic carbocycles. The molecule has 0 radical (unpaired) electrons. The number of nitrogen functional groups attached to an aromatic ring is 1. The van der Waals surface area contributed by atoms with Crippen LogP contribution in [0.25, 0.3) is 11.1 Å². The van der Waals surface area contributed by atoms with Gasteiger partial charge in [-0.15, -0.1) is 0 Å². The van der Waals surface area contributed by atoms with Crippen molar-refractivity contribution in [1.29, 1.82) is 0 Å². The molecule has 0 unspecified atom stereocenters. The molecule has 0 fully saturated rings. The molecular formula is C13H12N2O3. The van der Waals surface area contributed by atoms with Crippen molar-refractivity contribution in [2.45, 2.75) is 0 Å². The number of rotatable bonds is 3. The molecule has 0 aliphatic rings. The van der Waals surface area contributed by atoms with Gasteiger partial charge in [0.25, 0.3) is 5.69 Å². The lowest BCUT2D eigenvalue weighted by Crippen LogP contribution is -1.93. The van der Waals surface area contributed by atoms with Crippen molar-refractivity contribution >= 4 is 11.4 Å². The van der Waals surface area contributed by atoms with E-state index in [1.165, 1.54) is 12.1 Å². The first-order valence-corrected chi connectivity index (χ1v) is 5.30. The van der Waals surface area contributed by atoms with Crippen molar-refractivity contribution in [3.63, 3.8) is 0 Å². The Labute approximate surface area is 104 Å². The number of ether oxygens (including phenoxy) is 1. The van der Waals surface area contributed by atoms with Crippen LogP contribution >= 0.6 is 0 Å². The van der Waals surface area contributed by atoms with E-state index in [1.807, 2.05) is 6.07 Å². The molecule has 18 heavy (non-hydrogen) atoms. The highest BCUT2D eigenvalue weighted by Gasteiger charge is 2.08. The molecule has 0 bridgehead atoms. The summed E-state index contributed by atoms with van der Waals surface area (Å²) in [6.45, 7) is 0. The fourth-order valence-electron chi connectivity index (χ4n) is 1.71. The number of nitro benzene ring substituents is 1. The second-order valence-electron chi connectivity index (χ2n) is 3.76. The monoisotopic (exact) mass is 244 g/mol. The fourth-order valence-corrected chi connectivity index (χ4v) is 1.71. The predicted molar refractivity (Wildman–Crippen MR) is 69.5 cm³/mol. The Morgan fingerprint density at radius 1 is 1.17 bits per heavy atom. The van der Waals surface area contributed by atoms with Crippen molar-refractivity contribution in [2.24, 2.45) is 0 Å². The summed E-state index contributed by atoms with van der Waals surface area (Å²) in [6, 6.07) is 11.7. The summed E-state index contributed by atoms with van der Waals surface area (Å²) >= 11 is 0. The summed E-state index contributed by atoms with van der Waals surface area (Å²) in [6.07, 6.45) is 0. The highest BCUT2D eigenvalue weighted by molar-refractivity contribution is 5.72. The van der Waals surface area contributed by atoms with Gasteiger partial charge in [0.1, 0.15) is 5.75 Å². The highest BCUT2D eigenvalue weighted by Crippen LogP contribution is 2.29. The largest absolute Gasteiger partial charge is 0.495 e. The lowest BCUT2D eigenvalue weighted by molar-refractivity contribution is -0.384. The van der Waals surface area contributed by atoms with Gasteiger partial charge in [-0.25, -0.2) is 0 Å². The first kappa shape index (κ1) is 11.9. The highest BCUT2D eigenvalue weighted by atomic mass is 16.6. The molecule has 0 aromatic heterocycles. The van der Waals surface area contributed by atoms with Crippen LogP contribution < -0.4 is 10.5 Å². The molecular weight excluding hydrogens is 232 g/mol. The zero-order valence-electron chi connectivity index (χ0n) is 9.79. The molecule has 2 aromatic rings. The van der Waals surface area contributed by atoms with Crippen molar-refractivity contribution in [3.8, 4) is 16.9 Å². The minimum Gasteiger partial charge on any atom is -0.495 e. The smallest absolute Gasteiger partial charge is 0.270 e. The normalized spacial score (nSPS) is 10.1.